The molecule has 0 radical (unpaired) electrons. The van der Waals surface area contributed by atoms with Crippen LogP contribution in [0.5, 0.6) is 0 Å². The zero-order valence-corrected chi connectivity index (χ0v) is 22.8. The van der Waals surface area contributed by atoms with E-state index in [1.807, 2.05) is 6.33 Å². The van der Waals surface area contributed by atoms with Crippen molar-refractivity contribution < 1.29 is 0 Å². The van der Waals surface area contributed by atoms with Gasteiger partial charge in [-0.05, 0) is 115 Å². The molecule has 0 amide bonds. The van der Waals surface area contributed by atoms with Crippen LogP contribution in [0.4, 0.5) is 0 Å². The third-order valence-corrected chi connectivity index (χ3v) is 7.71. The Morgan fingerprint density at radius 2 is 1.21 bits per heavy atom. The van der Waals surface area contributed by atoms with E-state index >= 15 is 0 Å². The number of imidazole rings is 1. The van der Waals surface area contributed by atoms with Crippen LogP contribution in [0.25, 0.3) is 44.4 Å². The van der Waals surface area contributed by atoms with Gasteiger partial charge < -0.3 is 4.57 Å². The van der Waals surface area contributed by atoms with Gasteiger partial charge in [-0.3, -0.25) is 4.57 Å². The van der Waals surface area contributed by atoms with Gasteiger partial charge in [0.25, 0.3) is 0 Å². The highest BCUT2D eigenvalue weighted by Gasteiger charge is 2.12. The van der Waals surface area contributed by atoms with Crippen molar-refractivity contribution >= 4 is 21.9 Å². The van der Waals surface area contributed by atoms with Gasteiger partial charge in [-0.15, -0.1) is 0 Å². The topological polar surface area (TPSA) is 22.8 Å². The molecule has 0 fully saturated rings. The van der Waals surface area contributed by atoms with Crippen LogP contribution in [-0.4, -0.2) is 14.1 Å². The van der Waals surface area contributed by atoms with E-state index in [2.05, 4.69) is 122 Å². The molecule has 6 aromatic rings. The first-order valence-corrected chi connectivity index (χ1v) is 13.8. The first-order chi connectivity index (χ1) is 18.6. The van der Waals surface area contributed by atoms with E-state index in [-0.39, 0.29) is 0 Å². The van der Waals surface area contributed by atoms with Crippen molar-refractivity contribution in [1.82, 2.24) is 14.1 Å². The van der Waals surface area contributed by atoms with Crippen molar-refractivity contribution in [1.29, 1.82) is 0 Å². The van der Waals surface area contributed by atoms with Gasteiger partial charge in [0.15, 0.2) is 0 Å². The van der Waals surface area contributed by atoms with E-state index in [9.17, 15) is 0 Å². The Labute approximate surface area is 225 Å². The maximum Gasteiger partial charge on any atom is 0.100 e. The summed E-state index contributed by atoms with van der Waals surface area (Å²) in [4.78, 5) is 4.69. The molecule has 6 rings (SSSR count). The number of hydrogen-bond donors (Lipinski definition) is 0. The summed E-state index contributed by atoms with van der Waals surface area (Å²) >= 11 is 0. The van der Waals surface area contributed by atoms with Crippen LogP contribution in [0, 0.1) is 13.8 Å². The lowest BCUT2D eigenvalue weighted by molar-refractivity contribution is 0.923. The zero-order valence-electron chi connectivity index (χ0n) is 22.8. The van der Waals surface area contributed by atoms with Gasteiger partial charge in [0.2, 0.25) is 0 Å². The molecule has 0 aliphatic carbocycles. The largest absolute Gasteiger partial charge is 0.317 e. The van der Waals surface area contributed by atoms with Gasteiger partial charge >= 0.3 is 0 Å². The van der Waals surface area contributed by atoms with Crippen LogP contribution in [0.2, 0.25) is 0 Å². The van der Waals surface area contributed by atoms with Gasteiger partial charge in [0.05, 0.1) is 16.6 Å². The second-order valence-electron chi connectivity index (χ2n) is 10.5. The third kappa shape index (κ3) is 4.32. The van der Waals surface area contributed by atoms with Crippen molar-refractivity contribution in [3.8, 4) is 22.5 Å². The van der Waals surface area contributed by atoms with Crippen molar-refractivity contribution in [2.24, 2.45) is 0 Å². The molecule has 2 heterocycles. The van der Waals surface area contributed by atoms with E-state index < -0.39 is 0 Å². The fraction of sp³-hybridized carbons (Fsp3) is 0.229. The highest BCUT2D eigenvalue weighted by atomic mass is 15.0. The summed E-state index contributed by atoms with van der Waals surface area (Å²) in [5, 5.41) is 1.30. The predicted molar refractivity (Wildman–Crippen MR) is 161 cm³/mol. The van der Waals surface area contributed by atoms with E-state index in [0.29, 0.717) is 0 Å². The van der Waals surface area contributed by atoms with E-state index in [1.165, 1.54) is 56.4 Å². The molecule has 0 saturated carbocycles. The van der Waals surface area contributed by atoms with Gasteiger partial charge in [0.1, 0.15) is 6.33 Å². The number of benzene rings is 4. The van der Waals surface area contributed by atoms with Gasteiger partial charge in [-0.1, -0.05) is 51.0 Å². The maximum absolute atomic E-state index is 4.69. The number of aryl methyl sites for hydroxylation is 4. The van der Waals surface area contributed by atoms with Crippen LogP contribution in [0.1, 0.15) is 48.9 Å². The molecular formula is C35H35N3. The number of hydrogen-bond acceptors (Lipinski definition) is 1. The average Bonchev–Trinajstić information content (AvgIpc) is 3.53. The third-order valence-electron chi connectivity index (χ3n) is 7.71. The van der Waals surface area contributed by atoms with Crippen molar-refractivity contribution in [2.45, 2.75) is 53.4 Å². The van der Waals surface area contributed by atoms with Crippen LogP contribution in [0.15, 0.2) is 91.4 Å². The predicted octanol–water partition coefficient (Wildman–Crippen LogP) is 9.16. The Hall–Kier alpha value is -4.11. The summed E-state index contributed by atoms with van der Waals surface area (Å²) in [6.07, 6.45) is 8.68. The Balaban J connectivity index is 1.32. The lowest BCUT2D eigenvalue weighted by Gasteiger charge is -2.14. The minimum absolute atomic E-state index is 1.06. The Kier molecular flexibility index (Phi) is 6.37. The minimum Gasteiger partial charge on any atom is -0.317 e. The molecule has 0 bridgehead atoms. The molecule has 190 valence electrons. The molecule has 0 unspecified atom stereocenters. The Morgan fingerprint density at radius 3 is 1.84 bits per heavy atom. The van der Waals surface area contributed by atoms with Crippen LogP contribution >= 0.6 is 0 Å². The van der Waals surface area contributed by atoms with Crippen LogP contribution in [0.3, 0.4) is 0 Å². The molecule has 3 nitrogen and oxygen atoms in total. The quantitative estimate of drug-likeness (QED) is 0.216. The minimum atomic E-state index is 1.06. The highest BCUT2D eigenvalue weighted by molar-refractivity contribution is 5.83. The molecule has 2 aromatic heterocycles. The molecule has 0 N–H and O–H groups in total. The maximum atomic E-state index is 4.69. The van der Waals surface area contributed by atoms with Crippen molar-refractivity contribution in [2.75, 3.05) is 0 Å². The average molecular weight is 498 g/mol. The normalized spacial score (nSPS) is 11.6. The SMILES string of the molecule is CCCc1ccc2c(ccn2-c2ccc(-c3ccc(-n4cnc5cc(CCC)ccc54)cc3C)c(C)c2)c1. The lowest BCUT2D eigenvalue weighted by Crippen LogP contribution is -1.97. The van der Waals surface area contributed by atoms with Crippen LogP contribution < -0.4 is 0 Å². The summed E-state index contributed by atoms with van der Waals surface area (Å²) in [5.74, 6) is 0. The lowest BCUT2D eigenvalue weighted by atomic mass is 9.95. The molecule has 3 heteroatoms. The fourth-order valence-corrected chi connectivity index (χ4v) is 5.77. The molecule has 4 aromatic carbocycles. The van der Waals surface area contributed by atoms with Gasteiger partial charge in [-0.25, -0.2) is 4.98 Å². The summed E-state index contributed by atoms with van der Waals surface area (Å²) in [7, 11) is 0. The second kappa shape index (κ2) is 9.98. The number of nitrogens with zero attached hydrogens (tertiary/aromatic N) is 3. The fourth-order valence-electron chi connectivity index (χ4n) is 5.77. The number of fused-ring (bicyclic) bond motifs is 2. The van der Waals surface area contributed by atoms with Crippen molar-refractivity contribution in [3.63, 3.8) is 0 Å². The summed E-state index contributed by atoms with van der Waals surface area (Å²) in [6, 6.07) is 29.3. The molecule has 0 aliphatic heterocycles. The number of rotatable bonds is 7. The second-order valence-corrected chi connectivity index (χ2v) is 10.5. The molecular weight excluding hydrogens is 462 g/mol. The summed E-state index contributed by atoms with van der Waals surface area (Å²) in [5.41, 5.74) is 13.7. The zero-order chi connectivity index (χ0) is 26.2. The molecule has 38 heavy (non-hydrogen) atoms. The molecule has 0 saturated heterocycles. The summed E-state index contributed by atoms with van der Waals surface area (Å²) < 4.78 is 4.49. The van der Waals surface area contributed by atoms with Gasteiger partial charge in [-0.2, -0.15) is 0 Å². The van der Waals surface area contributed by atoms with Crippen LogP contribution in [-0.2, 0) is 12.8 Å². The Bertz CT molecular complexity index is 1630. The molecule has 0 atom stereocenters. The van der Waals surface area contributed by atoms with Gasteiger partial charge in [0, 0.05) is 23.0 Å². The monoisotopic (exact) mass is 497 g/mol. The van der Waals surface area contributed by atoms with Crippen molar-refractivity contribution in [3.05, 3.63) is 114 Å². The standard InChI is InChI=1S/C35H35N3/c1-5-7-26-9-15-34-28(21-26)17-18-37(34)29-11-13-31(24(3)19-29)32-14-12-30(20-25(32)4)38-23-36-33-22-27(8-6-2)10-16-35(33)38/h9-23H,5-8H2,1-4H3. The number of aromatic nitrogens is 3. The molecule has 0 aliphatic rings. The Morgan fingerprint density at radius 1 is 0.605 bits per heavy atom. The van der Waals surface area contributed by atoms with E-state index in [0.717, 1.165) is 36.0 Å². The highest BCUT2D eigenvalue weighted by Crippen LogP contribution is 2.32. The first kappa shape index (κ1) is 24.2. The first-order valence-electron chi connectivity index (χ1n) is 13.8. The van der Waals surface area contributed by atoms with E-state index in [4.69, 9.17) is 4.98 Å². The van der Waals surface area contributed by atoms with E-state index in [1.54, 1.807) is 0 Å². The molecule has 0 spiro atoms. The smallest absolute Gasteiger partial charge is 0.100 e. The summed E-state index contributed by atoms with van der Waals surface area (Å²) in [6.45, 7) is 8.87.